The highest BCUT2D eigenvalue weighted by molar-refractivity contribution is 5.90. The monoisotopic (exact) mass is 293 g/mol. The third-order valence-electron chi connectivity index (χ3n) is 2.94. The van der Waals surface area contributed by atoms with Gasteiger partial charge in [-0.3, -0.25) is 9.59 Å². The van der Waals surface area contributed by atoms with Gasteiger partial charge in [0, 0.05) is 0 Å². The number of primary amides is 1. The van der Waals surface area contributed by atoms with Gasteiger partial charge in [0.15, 0.2) is 0 Å². The molecule has 0 aliphatic carbocycles. The zero-order valence-electron chi connectivity index (χ0n) is 11.5. The summed E-state index contributed by atoms with van der Waals surface area (Å²) in [6, 6.07) is 7.12. The SMILES string of the molecule is NC(=O)CC(N)C(=O)NC(CCc1ccccc1)C(=O)O. The highest BCUT2D eigenvalue weighted by Gasteiger charge is 2.23. The van der Waals surface area contributed by atoms with Crippen LogP contribution in [0.3, 0.4) is 0 Å². The fourth-order valence-corrected chi connectivity index (χ4v) is 1.80. The lowest BCUT2D eigenvalue weighted by molar-refractivity contribution is -0.142. The van der Waals surface area contributed by atoms with Crippen molar-refractivity contribution in [2.45, 2.75) is 31.3 Å². The van der Waals surface area contributed by atoms with Crippen LogP contribution in [0, 0.1) is 0 Å². The molecule has 1 aromatic carbocycles. The van der Waals surface area contributed by atoms with Crippen LogP contribution in [0.4, 0.5) is 0 Å². The molecule has 0 heterocycles. The first-order valence-corrected chi connectivity index (χ1v) is 6.51. The van der Waals surface area contributed by atoms with E-state index in [1.165, 1.54) is 0 Å². The van der Waals surface area contributed by atoms with Crippen molar-refractivity contribution in [3.05, 3.63) is 35.9 Å². The van der Waals surface area contributed by atoms with E-state index in [0.717, 1.165) is 5.56 Å². The Bertz CT molecular complexity index is 504. The van der Waals surface area contributed by atoms with Gasteiger partial charge >= 0.3 is 5.97 Å². The van der Waals surface area contributed by atoms with Crippen LogP contribution in [0.1, 0.15) is 18.4 Å². The largest absolute Gasteiger partial charge is 0.480 e. The summed E-state index contributed by atoms with van der Waals surface area (Å²) in [4.78, 5) is 33.5. The minimum absolute atomic E-state index is 0.231. The molecule has 7 heteroatoms. The Morgan fingerprint density at radius 2 is 1.81 bits per heavy atom. The third kappa shape index (κ3) is 6.05. The summed E-state index contributed by atoms with van der Waals surface area (Å²) in [5.74, 6) is -2.56. The van der Waals surface area contributed by atoms with E-state index >= 15 is 0 Å². The van der Waals surface area contributed by atoms with Crippen molar-refractivity contribution < 1.29 is 19.5 Å². The molecule has 0 saturated carbocycles. The number of nitrogens with one attached hydrogen (secondary N) is 1. The molecule has 2 atom stereocenters. The van der Waals surface area contributed by atoms with Crippen LogP contribution in [0.15, 0.2) is 30.3 Å². The van der Waals surface area contributed by atoms with Gasteiger partial charge in [-0.25, -0.2) is 4.79 Å². The summed E-state index contributed by atoms with van der Waals surface area (Å²) >= 11 is 0. The van der Waals surface area contributed by atoms with Crippen LogP contribution in [-0.2, 0) is 20.8 Å². The topological polar surface area (TPSA) is 136 Å². The zero-order valence-corrected chi connectivity index (χ0v) is 11.5. The standard InChI is InChI=1S/C14H19N3O4/c15-10(8-12(16)18)13(19)17-11(14(20)21)7-6-9-4-2-1-3-5-9/h1-5,10-11H,6-8,15H2,(H2,16,18)(H,17,19)(H,20,21). The Balaban J connectivity index is 2.55. The van der Waals surface area contributed by atoms with E-state index in [-0.39, 0.29) is 12.8 Å². The van der Waals surface area contributed by atoms with Gasteiger partial charge in [-0.1, -0.05) is 30.3 Å². The van der Waals surface area contributed by atoms with Crippen molar-refractivity contribution in [2.75, 3.05) is 0 Å². The molecule has 114 valence electrons. The molecule has 21 heavy (non-hydrogen) atoms. The molecule has 2 unspecified atom stereocenters. The van der Waals surface area contributed by atoms with Crippen LogP contribution in [0.2, 0.25) is 0 Å². The molecule has 0 radical (unpaired) electrons. The number of carbonyl (C=O) groups excluding carboxylic acids is 2. The molecule has 0 spiro atoms. The van der Waals surface area contributed by atoms with E-state index in [9.17, 15) is 14.4 Å². The lowest BCUT2D eigenvalue weighted by Crippen LogP contribution is -2.49. The minimum atomic E-state index is -1.15. The molecule has 1 rings (SSSR count). The maximum absolute atomic E-state index is 11.7. The number of rotatable bonds is 8. The number of aryl methyl sites for hydroxylation is 1. The highest BCUT2D eigenvalue weighted by Crippen LogP contribution is 2.05. The molecule has 0 saturated heterocycles. The smallest absolute Gasteiger partial charge is 0.326 e. The van der Waals surface area contributed by atoms with E-state index in [4.69, 9.17) is 16.6 Å². The second-order valence-electron chi connectivity index (χ2n) is 4.70. The summed E-state index contributed by atoms with van der Waals surface area (Å²) < 4.78 is 0. The number of amides is 2. The number of hydrogen-bond donors (Lipinski definition) is 4. The predicted molar refractivity (Wildman–Crippen MR) is 76.1 cm³/mol. The average molecular weight is 293 g/mol. The van der Waals surface area contributed by atoms with Gasteiger partial charge in [0.1, 0.15) is 6.04 Å². The first-order valence-electron chi connectivity index (χ1n) is 6.51. The number of hydrogen-bond acceptors (Lipinski definition) is 4. The van der Waals surface area contributed by atoms with Crippen molar-refractivity contribution in [3.8, 4) is 0 Å². The van der Waals surface area contributed by atoms with Crippen LogP contribution in [0.5, 0.6) is 0 Å². The van der Waals surface area contributed by atoms with Gasteiger partial charge in [-0.2, -0.15) is 0 Å². The van der Waals surface area contributed by atoms with Gasteiger partial charge in [0.25, 0.3) is 0 Å². The maximum atomic E-state index is 11.7. The molecule has 0 aliphatic rings. The van der Waals surface area contributed by atoms with Gasteiger partial charge < -0.3 is 21.9 Å². The first kappa shape index (κ1) is 16.6. The number of carbonyl (C=O) groups is 3. The Morgan fingerprint density at radius 3 is 2.33 bits per heavy atom. The normalized spacial score (nSPS) is 13.2. The second kappa shape index (κ2) is 8.01. The minimum Gasteiger partial charge on any atom is -0.480 e. The second-order valence-corrected chi connectivity index (χ2v) is 4.70. The average Bonchev–Trinajstić information content (AvgIpc) is 2.43. The summed E-state index contributed by atoms with van der Waals surface area (Å²) in [5, 5.41) is 11.4. The van der Waals surface area contributed by atoms with E-state index in [2.05, 4.69) is 5.32 Å². The van der Waals surface area contributed by atoms with E-state index in [0.29, 0.717) is 6.42 Å². The van der Waals surface area contributed by atoms with Crippen molar-refractivity contribution in [2.24, 2.45) is 11.5 Å². The van der Waals surface area contributed by atoms with Crippen LogP contribution < -0.4 is 16.8 Å². The van der Waals surface area contributed by atoms with Crippen LogP contribution in [-0.4, -0.2) is 35.0 Å². The van der Waals surface area contributed by atoms with Crippen molar-refractivity contribution in [3.63, 3.8) is 0 Å². The Morgan fingerprint density at radius 1 is 1.19 bits per heavy atom. The van der Waals surface area contributed by atoms with E-state index in [1.807, 2.05) is 30.3 Å². The lowest BCUT2D eigenvalue weighted by atomic mass is 10.0. The maximum Gasteiger partial charge on any atom is 0.326 e. The third-order valence-corrected chi connectivity index (χ3v) is 2.94. The molecule has 0 aliphatic heterocycles. The Labute approximate surface area is 122 Å². The van der Waals surface area contributed by atoms with Gasteiger partial charge in [-0.05, 0) is 18.4 Å². The molecule has 2 amide bonds. The van der Waals surface area contributed by atoms with Crippen molar-refractivity contribution in [1.82, 2.24) is 5.32 Å². The molecule has 1 aromatic rings. The summed E-state index contributed by atoms with van der Waals surface area (Å²) in [5.41, 5.74) is 11.4. The Kier molecular flexibility index (Phi) is 6.35. The lowest BCUT2D eigenvalue weighted by Gasteiger charge is -2.17. The Hall–Kier alpha value is -2.41. The van der Waals surface area contributed by atoms with Crippen molar-refractivity contribution in [1.29, 1.82) is 0 Å². The van der Waals surface area contributed by atoms with Gasteiger partial charge in [0.05, 0.1) is 12.5 Å². The van der Waals surface area contributed by atoms with Crippen molar-refractivity contribution >= 4 is 17.8 Å². The molecular weight excluding hydrogens is 274 g/mol. The number of carboxylic acids is 1. The molecule has 6 N–H and O–H groups in total. The zero-order chi connectivity index (χ0) is 15.8. The molecule has 0 fully saturated rings. The quantitative estimate of drug-likeness (QED) is 0.507. The molecule has 0 aromatic heterocycles. The number of aliphatic carboxylic acids is 1. The molecule has 7 nitrogen and oxygen atoms in total. The van der Waals surface area contributed by atoms with E-state index < -0.39 is 29.9 Å². The molecular formula is C14H19N3O4. The van der Waals surface area contributed by atoms with E-state index in [1.54, 1.807) is 0 Å². The van der Waals surface area contributed by atoms with Crippen LogP contribution in [0.25, 0.3) is 0 Å². The number of nitrogens with two attached hydrogens (primary N) is 2. The first-order chi connectivity index (χ1) is 9.90. The fourth-order valence-electron chi connectivity index (χ4n) is 1.80. The summed E-state index contributed by atoms with van der Waals surface area (Å²) in [6.45, 7) is 0. The van der Waals surface area contributed by atoms with Gasteiger partial charge in [-0.15, -0.1) is 0 Å². The van der Waals surface area contributed by atoms with Gasteiger partial charge in [0.2, 0.25) is 11.8 Å². The molecule has 0 bridgehead atoms. The summed E-state index contributed by atoms with van der Waals surface area (Å²) in [6.07, 6.45) is 0.411. The van der Waals surface area contributed by atoms with Crippen LogP contribution >= 0.6 is 0 Å². The summed E-state index contributed by atoms with van der Waals surface area (Å²) in [7, 11) is 0. The number of benzene rings is 1. The fraction of sp³-hybridized carbons (Fsp3) is 0.357. The number of carboxylic acid groups (broad SMARTS) is 1. The predicted octanol–water partition coefficient (Wildman–Crippen LogP) is -0.609. The highest BCUT2D eigenvalue weighted by atomic mass is 16.4.